The van der Waals surface area contributed by atoms with Crippen LogP contribution < -0.4 is 0 Å². The van der Waals surface area contributed by atoms with Gasteiger partial charge in [0.15, 0.2) is 36.2 Å². The van der Waals surface area contributed by atoms with Crippen LogP contribution in [0.3, 0.4) is 0 Å². The molecular formula is C44H126O20Si20. The minimum absolute atomic E-state index is 0.650. The molecule has 40 heteroatoms. The monoisotopic (exact) mass is 1530 g/mol. The average molecular weight is 1540 g/mol. The highest BCUT2D eigenvalue weighted by atomic mass is 30.4. The maximum Gasteiger partial charge on any atom is 0.483 e. The largest absolute Gasteiger partial charge is 0.542 e. The standard InChI is InChI=1S/4C8H20OSi2.4C3H10OSi.H6O12Si8/c4*1-9-11(5,6)8-7-10(2,3)4;4*1-4-5(2)3;1-13(2)19(14(3)4,15(5)6)20(16(7)8,17(9)10)18(11)12/h4*7-8H,1-6H3;4*5H,1-3H3;1,3,5,7,9,11H/b4*8-7+;;;;;. The molecule has 502 valence electrons. The Bertz CT molecular complexity index is 1650. The van der Waals surface area contributed by atoms with Crippen LogP contribution in [0.15, 0.2) is 45.6 Å². The summed E-state index contributed by atoms with van der Waals surface area (Å²) in [6, 6.07) is 0. The molecule has 0 aliphatic heterocycles. The molecule has 0 aliphatic carbocycles. The SMILES string of the molecule is CO[SiH](C)C.CO[SiH](C)C.CO[SiH](C)C.CO[SiH](C)C.CO[Si](C)(C)/C=C/[Si](C)(C)C.CO[Si](C)(C)/C=C/[Si](C)(C)C.CO[Si](C)(C)/C=C/[Si](C)(C)C.CO[Si](C)(C)/C=C/[Si](C)(C)C.O=[Si](O)[Si]([Si](=O)O)([Si](=O)O)[Si]([Si](=O)O)([Si](=O)O)[Si](=O)O. The van der Waals surface area contributed by atoms with E-state index in [0.29, 0.717) is 0 Å². The third-order valence-electron chi connectivity index (χ3n) is 10.4. The molecule has 0 aromatic heterocycles. The van der Waals surface area contributed by atoms with E-state index in [4.69, 9.17) is 64.2 Å². The second-order valence-corrected chi connectivity index (χ2v) is 123. The van der Waals surface area contributed by atoms with Crippen molar-refractivity contribution >= 4 is 165 Å². The second kappa shape index (κ2) is 50.2. The van der Waals surface area contributed by atoms with Gasteiger partial charge in [0.05, 0.1) is 32.3 Å². The zero-order valence-corrected chi connectivity index (χ0v) is 79.9. The zero-order chi connectivity index (χ0) is 70.1. The fourth-order valence-electron chi connectivity index (χ4n) is 3.59. The van der Waals surface area contributed by atoms with Gasteiger partial charge in [0.25, 0.3) is 0 Å². The molecule has 0 radical (unpaired) electrons. The lowest BCUT2D eigenvalue weighted by atomic mass is 11.2. The van der Waals surface area contributed by atoms with E-state index in [9.17, 15) is 26.8 Å². The Morgan fingerprint density at radius 1 is 0.250 bits per heavy atom. The van der Waals surface area contributed by atoms with Gasteiger partial charge < -0.3 is 91.0 Å². The topological polar surface area (TPSA) is 298 Å². The second-order valence-electron chi connectivity index (χ2n) is 26.5. The van der Waals surface area contributed by atoms with Gasteiger partial charge in [-0.2, -0.15) is 0 Å². The molecule has 0 heterocycles. The Morgan fingerprint density at radius 3 is 0.393 bits per heavy atom. The van der Waals surface area contributed by atoms with E-state index in [1.165, 1.54) is 0 Å². The predicted octanol–water partition coefficient (Wildman–Crippen LogP) is 6.61. The Kier molecular flexibility index (Phi) is 61.8. The zero-order valence-electron chi connectivity index (χ0n) is 59.3. The van der Waals surface area contributed by atoms with Crippen molar-refractivity contribution in [1.29, 1.82) is 0 Å². The highest BCUT2D eigenvalue weighted by Gasteiger charge is 2.91. The quantitative estimate of drug-likeness (QED) is 0.0587. The average Bonchev–Trinajstić information content (AvgIpc) is 3.33. The highest BCUT2D eigenvalue weighted by Crippen LogP contribution is 2.19. The van der Waals surface area contributed by atoms with Gasteiger partial charge in [0.2, 0.25) is 33.3 Å². The number of hydrogen-bond acceptors (Lipinski definition) is 14. The first-order chi connectivity index (χ1) is 37.1. The van der Waals surface area contributed by atoms with Crippen LogP contribution in [-0.2, 0) is 62.2 Å². The molecule has 0 rings (SSSR count). The van der Waals surface area contributed by atoms with Gasteiger partial charge in [-0.25, -0.2) is 0 Å². The molecule has 0 saturated carbocycles. The molecular weight excluding hydrogens is 1410 g/mol. The fraction of sp³-hybridized carbons (Fsp3) is 0.818. The molecule has 0 atom stereocenters. The Balaban J connectivity index is -0.000000112. The van der Waals surface area contributed by atoms with Crippen LogP contribution in [0.4, 0.5) is 0 Å². The first kappa shape index (κ1) is 103. The van der Waals surface area contributed by atoms with Crippen LogP contribution in [0.2, 0.25) is 183 Å². The molecule has 0 aromatic carbocycles. The molecule has 0 bridgehead atoms. The Hall–Kier alpha value is 0.578. The molecule has 6 N–H and O–H groups in total. The third kappa shape index (κ3) is 62.8. The summed E-state index contributed by atoms with van der Waals surface area (Å²) in [5, 5.41) is 0. The molecule has 0 amide bonds. The first-order valence-electron chi connectivity index (χ1n) is 27.6. The van der Waals surface area contributed by atoms with E-state index in [1.807, 2.05) is 0 Å². The van der Waals surface area contributed by atoms with Gasteiger partial charge in [-0.05, 0) is 105 Å². The van der Waals surface area contributed by atoms with Gasteiger partial charge in [-0.15, -0.1) is 22.8 Å². The molecule has 0 spiro atoms. The van der Waals surface area contributed by atoms with Crippen molar-refractivity contribution in [3.8, 4) is 0 Å². The lowest BCUT2D eigenvalue weighted by Gasteiger charge is -2.23. The van der Waals surface area contributed by atoms with Crippen molar-refractivity contribution in [2.24, 2.45) is 0 Å². The Labute approximate surface area is 537 Å². The summed E-state index contributed by atoms with van der Waals surface area (Å²) in [6.45, 7) is 62.8. The van der Waals surface area contributed by atoms with E-state index >= 15 is 0 Å². The highest BCUT2D eigenvalue weighted by molar-refractivity contribution is 8.14. The summed E-state index contributed by atoms with van der Waals surface area (Å²) < 4.78 is 109. The summed E-state index contributed by atoms with van der Waals surface area (Å²) in [5.74, 6) is 0. The molecule has 0 unspecified atom stereocenters. The minimum atomic E-state index is -5.60. The summed E-state index contributed by atoms with van der Waals surface area (Å²) in [5.41, 5.74) is 18.7. The molecule has 0 saturated heterocycles. The minimum Gasteiger partial charge on any atom is -0.542 e. The third-order valence-corrected chi connectivity index (χ3v) is 123. The summed E-state index contributed by atoms with van der Waals surface area (Å²) in [4.78, 5) is 54.9. The van der Waals surface area contributed by atoms with E-state index in [0.717, 1.165) is 0 Å². The van der Waals surface area contributed by atoms with Crippen molar-refractivity contribution in [3.63, 3.8) is 0 Å². The van der Waals surface area contributed by atoms with Crippen molar-refractivity contribution in [1.82, 2.24) is 0 Å². The number of hydrogen-bond donors (Lipinski definition) is 6. The van der Waals surface area contributed by atoms with Crippen LogP contribution in [0.5, 0.6) is 0 Å². The lowest BCUT2D eigenvalue weighted by molar-refractivity contribution is 0.415. The maximum absolute atomic E-state index is 11.4. The molecule has 84 heavy (non-hydrogen) atoms. The van der Waals surface area contributed by atoms with Crippen LogP contribution >= 0.6 is 0 Å². The normalized spacial score (nSPS) is 12.5. The van der Waals surface area contributed by atoms with Gasteiger partial charge in [-0.1, -0.05) is 101 Å². The van der Waals surface area contributed by atoms with Crippen molar-refractivity contribution in [3.05, 3.63) is 45.6 Å². The predicted molar refractivity (Wildman–Crippen MR) is 395 cm³/mol. The molecule has 0 aliphatic rings. The van der Waals surface area contributed by atoms with Crippen LogP contribution in [-0.4, -0.2) is 250 Å². The van der Waals surface area contributed by atoms with Crippen LogP contribution in [0, 0.1) is 0 Å². The van der Waals surface area contributed by atoms with E-state index < -0.39 is 165 Å². The summed E-state index contributed by atoms with van der Waals surface area (Å²) >= 11 is 0. The maximum atomic E-state index is 11.4. The molecule has 0 fully saturated rings. The van der Waals surface area contributed by atoms with Gasteiger partial charge >= 0.3 is 63.0 Å². The van der Waals surface area contributed by atoms with Crippen molar-refractivity contribution in [2.75, 3.05) is 56.9 Å². The van der Waals surface area contributed by atoms with Crippen LogP contribution in [0.25, 0.3) is 0 Å². The van der Waals surface area contributed by atoms with E-state index in [-0.39, 0.29) is 0 Å². The molecule has 0 aromatic rings. The molecule has 20 nitrogen and oxygen atoms in total. The van der Waals surface area contributed by atoms with Crippen molar-refractivity contribution in [2.45, 2.75) is 183 Å². The van der Waals surface area contributed by atoms with Crippen molar-refractivity contribution < 1.29 is 91.0 Å². The Morgan fingerprint density at radius 2 is 0.345 bits per heavy atom. The van der Waals surface area contributed by atoms with E-state index in [1.54, 1.807) is 56.9 Å². The van der Waals surface area contributed by atoms with E-state index in [2.05, 4.69) is 229 Å². The smallest absolute Gasteiger partial charge is 0.483 e. The number of rotatable bonds is 23. The summed E-state index contributed by atoms with van der Waals surface area (Å²) in [6.07, 6.45) is -11.2. The summed E-state index contributed by atoms with van der Waals surface area (Å²) in [7, 11) is -25.2. The van der Waals surface area contributed by atoms with Crippen LogP contribution in [0.1, 0.15) is 0 Å². The van der Waals surface area contributed by atoms with Gasteiger partial charge in [-0.3, -0.25) is 0 Å². The lowest BCUT2D eigenvalue weighted by Crippen LogP contribution is -2.91. The van der Waals surface area contributed by atoms with Gasteiger partial charge in [0, 0.05) is 56.9 Å². The first-order valence-corrected chi connectivity index (χ1v) is 84.1. The fourth-order valence-corrected chi connectivity index (χ4v) is 110. The van der Waals surface area contributed by atoms with Gasteiger partial charge in [0.1, 0.15) is 0 Å².